The zero-order valence-corrected chi connectivity index (χ0v) is 10.5. The number of nitrogens with zero attached hydrogens (tertiary/aromatic N) is 2. The Kier molecular flexibility index (Phi) is 2.70. The van der Waals surface area contributed by atoms with Gasteiger partial charge < -0.3 is 10.5 Å². The summed E-state index contributed by atoms with van der Waals surface area (Å²) in [4.78, 5) is 0. The van der Waals surface area contributed by atoms with Crippen LogP contribution in [0, 0.1) is 10.5 Å². The number of halogens is 1. The number of aryl methyl sites for hydroxylation is 1. The van der Waals surface area contributed by atoms with Gasteiger partial charge in [0, 0.05) is 7.11 Å². The molecule has 1 fully saturated rings. The van der Waals surface area contributed by atoms with Crippen LogP contribution in [0.3, 0.4) is 0 Å². The molecule has 14 heavy (non-hydrogen) atoms. The Morgan fingerprint density at radius 1 is 1.57 bits per heavy atom. The fourth-order valence-electron chi connectivity index (χ4n) is 1.75. The highest BCUT2D eigenvalue weighted by Crippen LogP contribution is 2.36. The molecule has 0 atom stereocenters. The van der Waals surface area contributed by atoms with E-state index in [-0.39, 0.29) is 0 Å². The lowest BCUT2D eigenvalue weighted by Gasteiger charge is -2.34. The minimum absolute atomic E-state index is 0.390. The molecule has 4 nitrogen and oxygen atoms in total. The molecule has 1 heterocycles. The number of aromatic nitrogens is 2. The van der Waals surface area contributed by atoms with Crippen LogP contribution in [0.15, 0.2) is 0 Å². The molecule has 1 saturated carbocycles. The van der Waals surface area contributed by atoms with Gasteiger partial charge in [-0.2, -0.15) is 5.10 Å². The van der Waals surface area contributed by atoms with Crippen molar-refractivity contribution in [3.8, 4) is 0 Å². The second kappa shape index (κ2) is 3.69. The lowest BCUT2D eigenvalue weighted by molar-refractivity contribution is 0.00313. The third kappa shape index (κ3) is 1.52. The molecule has 78 valence electrons. The van der Waals surface area contributed by atoms with Crippen molar-refractivity contribution < 1.29 is 4.74 Å². The molecule has 5 heteroatoms. The molecule has 0 radical (unpaired) electrons. The lowest BCUT2D eigenvalue weighted by atomic mass is 9.89. The SMILES string of the molecule is COC1CC(n2nc(C)c(I)c2N)C1. The van der Waals surface area contributed by atoms with E-state index in [0.717, 1.165) is 27.9 Å². The first-order valence-electron chi connectivity index (χ1n) is 4.66. The Labute approximate surface area is 96.9 Å². The Balaban J connectivity index is 2.15. The molecule has 0 unspecified atom stereocenters. The van der Waals surface area contributed by atoms with Crippen molar-refractivity contribution >= 4 is 28.4 Å². The summed E-state index contributed by atoms with van der Waals surface area (Å²) < 4.78 is 8.24. The number of methoxy groups -OCH3 is 1. The lowest BCUT2D eigenvalue weighted by Crippen LogP contribution is -2.33. The summed E-state index contributed by atoms with van der Waals surface area (Å²) in [6, 6.07) is 0.433. The molecular weight excluding hydrogens is 293 g/mol. The third-order valence-electron chi connectivity index (χ3n) is 2.80. The van der Waals surface area contributed by atoms with E-state index in [1.54, 1.807) is 7.11 Å². The smallest absolute Gasteiger partial charge is 0.135 e. The molecule has 1 aliphatic carbocycles. The van der Waals surface area contributed by atoms with E-state index in [0.29, 0.717) is 12.1 Å². The topological polar surface area (TPSA) is 53.1 Å². The fourth-order valence-corrected chi connectivity index (χ4v) is 2.11. The molecule has 0 saturated heterocycles. The van der Waals surface area contributed by atoms with Crippen LogP contribution in [-0.2, 0) is 4.74 Å². The number of rotatable bonds is 2. The number of hydrogen-bond donors (Lipinski definition) is 1. The molecule has 0 spiro atoms. The van der Waals surface area contributed by atoms with Crippen molar-refractivity contribution in [2.45, 2.75) is 31.9 Å². The van der Waals surface area contributed by atoms with Gasteiger partial charge in [-0.15, -0.1) is 0 Å². The third-order valence-corrected chi connectivity index (χ3v) is 4.13. The quantitative estimate of drug-likeness (QED) is 0.847. The molecule has 1 aliphatic rings. The Hall–Kier alpha value is -0.300. The highest BCUT2D eigenvalue weighted by atomic mass is 127. The Bertz CT molecular complexity index is 344. The van der Waals surface area contributed by atoms with Gasteiger partial charge in [-0.1, -0.05) is 0 Å². The van der Waals surface area contributed by atoms with E-state index in [1.807, 2.05) is 11.6 Å². The van der Waals surface area contributed by atoms with Crippen LogP contribution in [0.2, 0.25) is 0 Å². The molecule has 0 bridgehead atoms. The predicted octanol–water partition coefficient (Wildman–Crippen LogP) is 1.73. The second-order valence-electron chi connectivity index (χ2n) is 3.71. The molecule has 0 aromatic carbocycles. The van der Waals surface area contributed by atoms with Gasteiger partial charge in [0.15, 0.2) is 0 Å². The first kappa shape index (κ1) is 10.2. The number of ether oxygens (including phenoxy) is 1. The Morgan fingerprint density at radius 2 is 2.21 bits per heavy atom. The van der Waals surface area contributed by atoms with Gasteiger partial charge in [-0.25, -0.2) is 4.68 Å². The van der Waals surface area contributed by atoms with Crippen molar-refractivity contribution in [1.29, 1.82) is 0 Å². The van der Waals surface area contributed by atoms with Gasteiger partial charge in [0.1, 0.15) is 5.82 Å². The number of hydrogen-bond acceptors (Lipinski definition) is 3. The summed E-state index contributed by atoms with van der Waals surface area (Å²) >= 11 is 2.24. The van der Waals surface area contributed by atoms with Crippen molar-refractivity contribution in [2.24, 2.45) is 0 Å². The average Bonchev–Trinajstić information content (AvgIpc) is 2.32. The summed E-state index contributed by atoms with van der Waals surface area (Å²) in [6.45, 7) is 1.99. The van der Waals surface area contributed by atoms with Crippen LogP contribution in [0.5, 0.6) is 0 Å². The zero-order valence-electron chi connectivity index (χ0n) is 8.33. The fraction of sp³-hybridized carbons (Fsp3) is 0.667. The van der Waals surface area contributed by atoms with Crippen LogP contribution in [0.25, 0.3) is 0 Å². The van der Waals surface area contributed by atoms with Crippen molar-refractivity contribution in [2.75, 3.05) is 12.8 Å². The van der Waals surface area contributed by atoms with Gasteiger partial charge in [0.2, 0.25) is 0 Å². The normalized spacial score (nSPS) is 26.2. The highest BCUT2D eigenvalue weighted by Gasteiger charge is 2.32. The molecule has 1 aromatic heterocycles. The standard InChI is InChI=1S/C9H14IN3O/c1-5-8(10)9(11)13(12-5)6-3-7(4-6)14-2/h6-7H,3-4,11H2,1-2H3. The molecule has 0 amide bonds. The monoisotopic (exact) mass is 307 g/mol. The highest BCUT2D eigenvalue weighted by molar-refractivity contribution is 14.1. The maximum Gasteiger partial charge on any atom is 0.135 e. The summed E-state index contributed by atoms with van der Waals surface area (Å²) in [5.74, 6) is 0.794. The first-order valence-corrected chi connectivity index (χ1v) is 5.74. The van der Waals surface area contributed by atoms with Crippen LogP contribution in [-0.4, -0.2) is 23.0 Å². The van der Waals surface area contributed by atoms with Gasteiger partial charge >= 0.3 is 0 Å². The summed E-state index contributed by atoms with van der Waals surface area (Å²) in [6.07, 6.45) is 2.44. The van der Waals surface area contributed by atoms with E-state index < -0.39 is 0 Å². The number of nitrogens with two attached hydrogens (primary N) is 1. The summed E-state index contributed by atoms with van der Waals surface area (Å²) in [7, 11) is 1.75. The van der Waals surface area contributed by atoms with E-state index in [9.17, 15) is 0 Å². The maximum absolute atomic E-state index is 5.95. The van der Waals surface area contributed by atoms with Gasteiger partial charge in [0.05, 0.1) is 21.4 Å². The summed E-state index contributed by atoms with van der Waals surface area (Å²) in [5, 5.41) is 4.43. The first-order chi connectivity index (χ1) is 6.63. The van der Waals surface area contributed by atoms with Crippen LogP contribution in [0.1, 0.15) is 24.6 Å². The van der Waals surface area contributed by atoms with E-state index in [1.165, 1.54) is 0 Å². The van der Waals surface area contributed by atoms with E-state index >= 15 is 0 Å². The number of anilines is 1. The molecule has 0 aliphatic heterocycles. The second-order valence-corrected chi connectivity index (χ2v) is 4.79. The van der Waals surface area contributed by atoms with Crippen molar-refractivity contribution in [3.05, 3.63) is 9.26 Å². The predicted molar refractivity (Wildman–Crippen MR) is 63.2 cm³/mol. The van der Waals surface area contributed by atoms with Crippen LogP contribution >= 0.6 is 22.6 Å². The zero-order chi connectivity index (χ0) is 10.3. The van der Waals surface area contributed by atoms with Crippen molar-refractivity contribution in [3.63, 3.8) is 0 Å². The molecule has 2 rings (SSSR count). The number of nitrogen functional groups attached to an aromatic ring is 1. The average molecular weight is 307 g/mol. The molecule has 2 N–H and O–H groups in total. The van der Waals surface area contributed by atoms with Crippen molar-refractivity contribution in [1.82, 2.24) is 9.78 Å². The Morgan fingerprint density at radius 3 is 2.64 bits per heavy atom. The maximum atomic E-state index is 5.95. The molecular formula is C9H14IN3O. The van der Waals surface area contributed by atoms with E-state index in [2.05, 4.69) is 27.7 Å². The minimum atomic E-state index is 0.390. The summed E-state index contributed by atoms with van der Waals surface area (Å²) in [5.41, 5.74) is 6.97. The van der Waals surface area contributed by atoms with Gasteiger partial charge in [-0.3, -0.25) is 0 Å². The van der Waals surface area contributed by atoms with Gasteiger partial charge in [-0.05, 0) is 42.4 Å². The largest absolute Gasteiger partial charge is 0.383 e. The van der Waals surface area contributed by atoms with Gasteiger partial charge in [0.25, 0.3) is 0 Å². The van der Waals surface area contributed by atoms with Crippen LogP contribution < -0.4 is 5.73 Å². The van der Waals surface area contributed by atoms with E-state index in [4.69, 9.17) is 10.5 Å². The molecule has 1 aromatic rings. The minimum Gasteiger partial charge on any atom is -0.383 e. The van der Waals surface area contributed by atoms with Crippen LogP contribution in [0.4, 0.5) is 5.82 Å².